The summed E-state index contributed by atoms with van der Waals surface area (Å²) < 4.78 is 9.35. The maximum atomic E-state index is 6.76. The molecule has 3 heterocycles. The highest BCUT2D eigenvalue weighted by Gasteiger charge is 2.20. The van der Waals surface area contributed by atoms with Crippen molar-refractivity contribution < 1.29 is 4.42 Å². The molecule has 0 unspecified atom stereocenters. The van der Waals surface area contributed by atoms with Gasteiger partial charge in [0.1, 0.15) is 11.2 Å². The molecule has 0 spiro atoms. The third-order valence-electron chi connectivity index (χ3n) is 12.0. The summed E-state index contributed by atoms with van der Waals surface area (Å²) in [6.45, 7) is 0. The molecule has 12 aromatic rings. The highest BCUT2D eigenvalue weighted by Crippen LogP contribution is 2.46. The van der Waals surface area contributed by atoms with Crippen LogP contribution in [0.25, 0.3) is 121 Å². The van der Waals surface area contributed by atoms with Gasteiger partial charge in [-0.1, -0.05) is 194 Å². The second kappa shape index (κ2) is 15.0. The monoisotopic (exact) mass is 808 g/mol. The first-order valence-electron chi connectivity index (χ1n) is 20.9. The number of para-hydroxylation sites is 1. The van der Waals surface area contributed by atoms with Crippen molar-refractivity contribution in [1.29, 1.82) is 0 Å². The SMILES string of the molecule is c1ccc(-c2ccc(-c3ccc(-c4nc(-c5ccccc5)cc(-c5ccc(-c6ccc(-c7cccc8c7sc7ccccc78)c7c6oc6ccccc67)cc5)n4)cc3)cc2)cc1. The number of thiophene rings is 1. The fourth-order valence-corrected chi connectivity index (χ4v) is 10.1. The first-order chi connectivity index (χ1) is 30.7. The van der Waals surface area contributed by atoms with Crippen LogP contribution in [0.2, 0.25) is 0 Å². The molecule has 0 bridgehead atoms. The second-order valence-corrected chi connectivity index (χ2v) is 16.7. The van der Waals surface area contributed by atoms with Crippen molar-refractivity contribution in [3.05, 3.63) is 218 Å². The number of aromatic nitrogens is 2. The highest BCUT2D eigenvalue weighted by molar-refractivity contribution is 7.26. The molecule has 0 amide bonds. The van der Waals surface area contributed by atoms with Gasteiger partial charge in [-0.05, 0) is 57.6 Å². The molecular formula is C58H36N2OS. The van der Waals surface area contributed by atoms with E-state index in [4.69, 9.17) is 14.4 Å². The molecule has 0 aliphatic heterocycles. The fourth-order valence-electron chi connectivity index (χ4n) is 8.84. The molecule has 0 radical (unpaired) electrons. The number of hydrogen-bond acceptors (Lipinski definition) is 4. The van der Waals surface area contributed by atoms with Crippen LogP contribution in [0.15, 0.2) is 223 Å². The van der Waals surface area contributed by atoms with Crippen molar-refractivity contribution in [2.45, 2.75) is 0 Å². The van der Waals surface area contributed by atoms with Gasteiger partial charge in [-0.15, -0.1) is 11.3 Å². The quantitative estimate of drug-likeness (QED) is 0.161. The van der Waals surface area contributed by atoms with Gasteiger partial charge in [-0.25, -0.2) is 9.97 Å². The topological polar surface area (TPSA) is 38.9 Å². The summed E-state index contributed by atoms with van der Waals surface area (Å²) in [6.07, 6.45) is 0. The van der Waals surface area contributed by atoms with E-state index < -0.39 is 0 Å². The predicted molar refractivity (Wildman–Crippen MR) is 260 cm³/mol. The van der Waals surface area contributed by atoms with E-state index in [9.17, 15) is 0 Å². The first kappa shape index (κ1) is 36.0. The van der Waals surface area contributed by atoms with Crippen LogP contribution in [-0.4, -0.2) is 9.97 Å². The van der Waals surface area contributed by atoms with Crippen LogP contribution < -0.4 is 0 Å². The maximum absolute atomic E-state index is 6.76. The summed E-state index contributed by atoms with van der Waals surface area (Å²) in [5.74, 6) is 0.685. The zero-order chi connectivity index (χ0) is 41.0. The Labute approximate surface area is 362 Å². The van der Waals surface area contributed by atoms with E-state index >= 15 is 0 Å². The van der Waals surface area contributed by atoms with Crippen molar-refractivity contribution in [3.8, 4) is 78.4 Å². The van der Waals surface area contributed by atoms with Crippen molar-refractivity contribution in [2.24, 2.45) is 0 Å². The Balaban J connectivity index is 0.918. The van der Waals surface area contributed by atoms with Gasteiger partial charge in [0.2, 0.25) is 0 Å². The van der Waals surface area contributed by atoms with Crippen LogP contribution in [0.5, 0.6) is 0 Å². The number of nitrogens with zero attached hydrogens (tertiary/aromatic N) is 2. The molecule has 0 N–H and O–H groups in total. The Morgan fingerprint density at radius 2 is 0.839 bits per heavy atom. The molecule has 12 rings (SSSR count). The zero-order valence-electron chi connectivity index (χ0n) is 33.5. The maximum Gasteiger partial charge on any atom is 0.160 e. The van der Waals surface area contributed by atoms with Crippen LogP contribution in [0.3, 0.4) is 0 Å². The third kappa shape index (κ3) is 6.28. The summed E-state index contributed by atoms with van der Waals surface area (Å²) in [7, 11) is 0. The largest absolute Gasteiger partial charge is 0.455 e. The normalized spacial score (nSPS) is 11.5. The minimum absolute atomic E-state index is 0.685. The Bertz CT molecular complexity index is 3590. The van der Waals surface area contributed by atoms with Crippen molar-refractivity contribution >= 4 is 53.4 Å². The van der Waals surface area contributed by atoms with E-state index in [0.717, 1.165) is 66.7 Å². The van der Waals surface area contributed by atoms with Crippen LogP contribution in [-0.2, 0) is 0 Å². The third-order valence-corrected chi connectivity index (χ3v) is 13.2. The van der Waals surface area contributed by atoms with Crippen LogP contribution in [0.4, 0.5) is 0 Å². The molecule has 0 saturated carbocycles. The van der Waals surface area contributed by atoms with Crippen LogP contribution in [0, 0.1) is 0 Å². The van der Waals surface area contributed by atoms with E-state index in [1.807, 2.05) is 29.5 Å². The summed E-state index contributed by atoms with van der Waals surface area (Å²) in [4.78, 5) is 10.3. The van der Waals surface area contributed by atoms with Gasteiger partial charge >= 0.3 is 0 Å². The van der Waals surface area contributed by atoms with Gasteiger partial charge < -0.3 is 4.42 Å². The summed E-state index contributed by atoms with van der Waals surface area (Å²) in [5.41, 5.74) is 15.8. The summed E-state index contributed by atoms with van der Waals surface area (Å²) >= 11 is 1.86. The number of furan rings is 1. The van der Waals surface area contributed by atoms with Crippen molar-refractivity contribution in [3.63, 3.8) is 0 Å². The van der Waals surface area contributed by atoms with E-state index in [-0.39, 0.29) is 0 Å². The Hall–Kier alpha value is -7.92. The smallest absolute Gasteiger partial charge is 0.160 e. The van der Waals surface area contributed by atoms with E-state index in [2.05, 4.69) is 200 Å². The summed E-state index contributed by atoms with van der Waals surface area (Å²) in [6, 6.07) is 77.2. The lowest BCUT2D eigenvalue weighted by Crippen LogP contribution is -1.96. The lowest BCUT2D eigenvalue weighted by Gasteiger charge is -2.12. The molecule has 0 atom stereocenters. The Morgan fingerprint density at radius 1 is 0.339 bits per heavy atom. The number of benzene rings is 9. The van der Waals surface area contributed by atoms with Gasteiger partial charge in [0.25, 0.3) is 0 Å². The number of rotatable bonds is 7. The molecule has 290 valence electrons. The predicted octanol–water partition coefficient (Wildman–Crippen LogP) is 16.4. The number of fused-ring (bicyclic) bond motifs is 6. The van der Waals surface area contributed by atoms with Gasteiger partial charge in [0.15, 0.2) is 5.82 Å². The molecule has 9 aromatic carbocycles. The van der Waals surface area contributed by atoms with E-state index in [1.165, 1.54) is 48.0 Å². The van der Waals surface area contributed by atoms with Crippen LogP contribution >= 0.6 is 11.3 Å². The molecule has 0 aliphatic carbocycles. The molecular weight excluding hydrogens is 773 g/mol. The molecule has 3 nitrogen and oxygen atoms in total. The molecule has 0 aliphatic rings. The standard InChI is InChI=1S/C58H36N2OS/c1-3-12-37(13-4-1)38-22-24-39(25-23-38)40-26-32-44(33-27-40)58-59-51(42-14-5-2-6-15-42)36-52(60-58)43-30-28-41(29-31-43)45-34-35-47(55-50-17-7-9-20-53(50)61-56(45)55)49-19-11-18-48-46-16-8-10-21-54(46)62-57(48)49/h1-36H. The lowest BCUT2D eigenvalue weighted by molar-refractivity contribution is 0.670. The second-order valence-electron chi connectivity index (χ2n) is 15.7. The van der Waals surface area contributed by atoms with Crippen molar-refractivity contribution in [1.82, 2.24) is 9.97 Å². The van der Waals surface area contributed by atoms with Crippen molar-refractivity contribution in [2.75, 3.05) is 0 Å². The average molecular weight is 809 g/mol. The Morgan fingerprint density at radius 3 is 1.53 bits per heavy atom. The van der Waals surface area contributed by atoms with E-state index in [0.29, 0.717) is 5.82 Å². The summed E-state index contributed by atoms with van der Waals surface area (Å²) in [5, 5.41) is 4.83. The Kier molecular flexibility index (Phi) is 8.68. The van der Waals surface area contributed by atoms with Gasteiger partial charge in [0.05, 0.1) is 11.4 Å². The molecule has 62 heavy (non-hydrogen) atoms. The number of hydrogen-bond donors (Lipinski definition) is 0. The fraction of sp³-hybridized carbons (Fsp3) is 0. The molecule has 0 fully saturated rings. The average Bonchev–Trinajstić information content (AvgIpc) is 3.94. The molecule has 3 aromatic heterocycles. The lowest BCUT2D eigenvalue weighted by atomic mass is 9.93. The minimum Gasteiger partial charge on any atom is -0.455 e. The van der Waals surface area contributed by atoms with Gasteiger partial charge in [-0.3, -0.25) is 0 Å². The zero-order valence-corrected chi connectivity index (χ0v) is 34.3. The molecule has 4 heteroatoms. The van der Waals surface area contributed by atoms with E-state index in [1.54, 1.807) is 0 Å². The minimum atomic E-state index is 0.685. The first-order valence-corrected chi connectivity index (χ1v) is 21.7. The van der Waals surface area contributed by atoms with Crippen LogP contribution in [0.1, 0.15) is 0 Å². The molecule has 0 saturated heterocycles. The highest BCUT2D eigenvalue weighted by atomic mass is 32.1. The van der Waals surface area contributed by atoms with Gasteiger partial charge in [-0.2, -0.15) is 0 Å². The van der Waals surface area contributed by atoms with Gasteiger partial charge in [0, 0.05) is 58.8 Å².